The first-order valence-corrected chi connectivity index (χ1v) is 4.90. The van der Waals surface area contributed by atoms with Crippen LogP contribution >= 0.6 is 0 Å². The summed E-state index contributed by atoms with van der Waals surface area (Å²) in [4.78, 5) is 4.51. The average Bonchev–Trinajstić information content (AvgIpc) is 2.61. The molecular weight excluding hydrogens is 172 g/mol. The van der Waals surface area contributed by atoms with E-state index >= 15 is 0 Å². The van der Waals surface area contributed by atoms with E-state index in [1.165, 1.54) is 5.56 Å². The van der Waals surface area contributed by atoms with Gasteiger partial charge in [0.1, 0.15) is 5.82 Å². The van der Waals surface area contributed by atoms with Crippen molar-refractivity contribution in [3.63, 3.8) is 0 Å². The lowest BCUT2D eigenvalue weighted by molar-refractivity contribution is 0.730. The number of imidazole rings is 1. The Balaban J connectivity index is 2.43. The summed E-state index contributed by atoms with van der Waals surface area (Å²) >= 11 is 0. The highest BCUT2D eigenvalue weighted by Crippen LogP contribution is 2.17. The SMILES string of the molecule is CCn1cc(-c2ccccc2)nc1C. The van der Waals surface area contributed by atoms with Gasteiger partial charge in [-0.3, -0.25) is 0 Å². The van der Waals surface area contributed by atoms with Crippen molar-refractivity contribution >= 4 is 0 Å². The molecule has 0 saturated heterocycles. The monoisotopic (exact) mass is 186 g/mol. The molecule has 0 unspecified atom stereocenters. The molecule has 0 fully saturated rings. The van der Waals surface area contributed by atoms with E-state index in [1.807, 2.05) is 25.1 Å². The first kappa shape index (κ1) is 9.00. The van der Waals surface area contributed by atoms with Crippen molar-refractivity contribution < 1.29 is 0 Å². The zero-order valence-electron chi connectivity index (χ0n) is 8.57. The van der Waals surface area contributed by atoms with Crippen molar-refractivity contribution in [1.29, 1.82) is 0 Å². The van der Waals surface area contributed by atoms with Gasteiger partial charge in [0.15, 0.2) is 0 Å². The fourth-order valence-electron chi connectivity index (χ4n) is 1.58. The Hall–Kier alpha value is -1.57. The molecule has 0 aliphatic heterocycles. The molecule has 2 rings (SSSR count). The summed E-state index contributed by atoms with van der Waals surface area (Å²) in [7, 11) is 0. The number of benzene rings is 1. The van der Waals surface area contributed by atoms with Gasteiger partial charge in [-0.25, -0.2) is 4.98 Å². The summed E-state index contributed by atoms with van der Waals surface area (Å²) in [6.45, 7) is 5.14. The van der Waals surface area contributed by atoms with Crippen molar-refractivity contribution in [2.24, 2.45) is 0 Å². The van der Waals surface area contributed by atoms with E-state index in [0.29, 0.717) is 0 Å². The molecule has 2 nitrogen and oxygen atoms in total. The van der Waals surface area contributed by atoms with Crippen molar-refractivity contribution in [3.8, 4) is 11.3 Å². The first-order chi connectivity index (χ1) is 6.81. The zero-order chi connectivity index (χ0) is 9.97. The molecule has 0 bridgehead atoms. The van der Waals surface area contributed by atoms with E-state index in [4.69, 9.17) is 0 Å². The fourth-order valence-corrected chi connectivity index (χ4v) is 1.58. The van der Waals surface area contributed by atoms with E-state index in [9.17, 15) is 0 Å². The van der Waals surface area contributed by atoms with Crippen molar-refractivity contribution in [1.82, 2.24) is 9.55 Å². The fraction of sp³-hybridized carbons (Fsp3) is 0.250. The van der Waals surface area contributed by atoms with Gasteiger partial charge in [0, 0.05) is 18.3 Å². The van der Waals surface area contributed by atoms with E-state index in [-0.39, 0.29) is 0 Å². The predicted octanol–water partition coefficient (Wildman–Crippen LogP) is 2.88. The van der Waals surface area contributed by atoms with Gasteiger partial charge >= 0.3 is 0 Å². The maximum absolute atomic E-state index is 4.51. The van der Waals surface area contributed by atoms with Crippen LogP contribution in [0.1, 0.15) is 12.7 Å². The molecule has 0 atom stereocenters. The van der Waals surface area contributed by atoms with Crippen LogP contribution in [0.5, 0.6) is 0 Å². The Kier molecular flexibility index (Phi) is 2.35. The Morgan fingerprint density at radius 3 is 2.50 bits per heavy atom. The van der Waals surface area contributed by atoms with Crippen molar-refractivity contribution in [2.45, 2.75) is 20.4 Å². The third kappa shape index (κ3) is 1.55. The first-order valence-electron chi connectivity index (χ1n) is 4.90. The summed E-state index contributed by atoms with van der Waals surface area (Å²) in [5, 5.41) is 0. The van der Waals surface area contributed by atoms with Crippen molar-refractivity contribution in [3.05, 3.63) is 42.4 Å². The largest absolute Gasteiger partial charge is 0.335 e. The minimum absolute atomic E-state index is 0.978. The smallest absolute Gasteiger partial charge is 0.106 e. The second-order valence-corrected chi connectivity index (χ2v) is 3.33. The normalized spacial score (nSPS) is 10.4. The summed E-state index contributed by atoms with van der Waals surface area (Å²) in [6.07, 6.45) is 2.10. The van der Waals surface area contributed by atoms with Crippen LogP contribution in [0.15, 0.2) is 36.5 Å². The number of aromatic nitrogens is 2. The van der Waals surface area contributed by atoms with Crippen LogP contribution in [0.3, 0.4) is 0 Å². The molecule has 14 heavy (non-hydrogen) atoms. The van der Waals surface area contributed by atoms with Gasteiger partial charge in [0.05, 0.1) is 5.69 Å². The molecule has 72 valence electrons. The van der Waals surface area contributed by atoms with Gasteiger partial charge in [0.2, 0.25) is 0 Å². The maximum atomic E-state index is 4.51. The van der Waals surface area contributed by atoms with Gasteiger partial charge in [-0.15, -0.1) is 0 Å². The second-order valence-electron chi connectivity index (χ2n) is 3.33. The van der Waals surface area contributed by atoms with E-state index in [2.05, 4.69) is 34.8 Å². The molecule has 0 spiro atoms. The van der Waals surface area contributed by atoms with Crippen LogP contribution in [-0.2, 0) is 6.54 Å². The third-order valence-corrected chi connectivity index (χ3v) is 2.39. The summed E-state index contributed by atoms with van der Waals surface area (Å²) < 4.78 is 2.16. The number of rotatable bonds is 2. The molecule has 0 aliphatic rings. The van der Waals surface area contributed by atoms with Crippen LogP contribution < -0.4 is 0 Å². The van der Waals surface area contributed by atoms with Crippen LogP contribution in [0.2, 0.25) is 0 Å². The Labute approximate surface area is 84.2 Å². The molecule has 0 N–H and O–H groups in total. The Morgan fingerprint density at radius 1 is 1.21 bits per heavy atom. The molecule has 1 aromatic carbocycles. The molecule has 0 aliphatic carbocycles. The number of hydrogen-bond donors (Lipinski definition) is 0. The summed E-state index contributed by atoms with van der Waals surface area (Å²) in [5.41, 5.74) is 2.24. The van der Waals surface area contributed by atoms with E-state index in [0.717, 1.165) is 18.1 Å². The van der Waals surface area contributed by atoms with Crippen LogP contribution in [0.25, 0.3) is 11.3 Å². The highest BCUT2D eigenvalue weighted by Gasteiger charge is 2.03. The van der Waals surface area contributed by atoms with E-state index < -0.39 is 0 Å². The number of nitrogens with zero attached hydrogens (tertiary/aromatic N) is 2. The van der Waals surface area contributed by atoms with Gasteiger partial charge < -0.3 is 4.57 Å². The van der Waals surface area contributed by atoms with Crippen LogP contribution in [0, 0.1) is 6.92 Å². The zero-order valence-corrected chi connectivity index (χ0v) is 8.57. The average molecular weight is 186 g/mol. The second kappa shape index (κ2) is 3.66. The lowest BCUT2D eigenvalue weighted by atomic mass is 10.2. The third-order valence-electron chi connectivity index (χ3n) is 2.39. The molecular formula is C12H14N2. The number of aryl methyl sites for hydroxylation is 2. The highest BCUT2D eigenvalue weighted by atomic mass is 15.1. The molecule has 1 aromatic heterocycles. The number of hydrogen-bond acceptors (Lipinski definition) is 1. The molecule has 0 amide bonds. The Morgan fingerprint density at radius 2 is 1.93 bits per heavy atom. The Bertz CT molecular complexity index is 415. The van der Waals surface area contributed by atoms with Gasteiger partial charge in [-0.1, -0.05) is 30.3 Å². The van der Waals surface area contributed by atoms with Crippen LogP contribution in [-0.4, -0.2) is 9.55 Å². The van der Waals surface area contributed by atoms with Crippen molar-refractivity contribution in [2.75, 3.05) is 0 Å². The molecule has 0 saturated carbocycles. The summed E-state index contributed by atoms with van der Waals surface area (Å²) in [5.74, 6) is 1.08. The predicted molar refractivity (Wildman–Crippen MR) is 58.1 cm³/mol. The lowest BCUT2D eigenvalue weighted by Gasteiger charge is -1.96. The van der Waals surface area contributed by atoms with Gasteiger partial charge in [-0.05, 0) is 13.8 Å². The molecule has 1 heterocycles. The molecule has 2 heteroatoms. The molecule has 2 aromatic rings. The maximum Gasteiger partial charge on any atom is 0.106 e. The minimum atomic E-state index is 0.978. The quantitative estimate of drug-likeness (QED) is 0.705. The van der Waals surface area contributed by atoms with E-state index in [1.54, 1.807) is 0 Å². The minimum Gasteiger partial charge on any atom is -0.335 e. The standard InChI is InChI=1S/C12H14N2/c1-3-14-9-12(13-10(14)2)11-7-5-4-6-8-11/h4-9H,3H2,1-2H3. The highest BCUT2D eigenvalue weighted by molar-refractivity contribution is 5.58. The summed E-state index contributed by atoms with van der Waals surface area (Å²) in [6, 6.07) is 10.3. The van der Waals surface area contributed by atoms with Gasteiger partial charge in [-0.2, -0.15) is 0 Å². The molecule has 0 radical (unpaired) electrons. The van der Waals surface area contributed by atoms with Gasteiger partial charge in [0.25, 0.3) is 0 Å². The topological polar surface area (TPSA) is 17.8 Å². The lowest BCUT2D eigenvalue weighted by Crippen LogP contribution is -1.93. The van der Waals surface area contributed by atoms with Crippen LogP contribution in [0.4, 0.5) is 0 Å².